The maximum absolute atomic E-state index is 11.1. The van der Waals surface area contributed by atoms with E-state index in [0.717, 1.165) is 88.2 Å². The van der Waals surface area contributed by atoms with Crippen molar-refractivity contribution in [2.75, 3.05) is 0 Å². The molecule has 2 N–H and O–H groups in total. The number of phenolic OH excluding ortho intramolecular Hbond substituents is 2. The topological polar surface area (TPSA) is 40.5 Å². The Morgan fingerprint density at radius 3 is 1.06 bits per heavy atom. The number of aromatic hydroxyl groups is 2. The van der Waals surface area contributed by atoms with Gasteiger partial charge in [-0.1, -0.05) is 93.9 Å². The molecule has 196 valence electrons. The van der Waals surface area contributed by atoms with E-state index in [9.17, 15) is 10.2 Å². The molecule has 0 spiro atoms. The molecule has 2 aromatic carbocycles. The van der Waals surface area contributed by atoms with E-state index >= 15 is 0 Å². The second-order valence-electron chi connectivity index (χ2n) is 10.9. The van der Waals surface area contributed by atoms with Crippen molar-refractivity contribution >= 4 is 0 Å². The smallest absolute Gasteiger partial charge is 0.119 e. The second kappa shape index (κ2) is 13.4. The van der Waals surface area contributed by atoms with Gasteiger partial charge in [-0.05, 0) is 95.2 Å². The van der Waals surface area contributed by atoms with Gasteiger partial charge in [-0.2, -0.15) is 0 Å². The zero-order valence-corrected chi connectivity index (χ0v) is 24.0. The molecule has 0 saturated carbocycles. The maximum atomic E-state index is 11.1. The lowest BCUT2D eigenvalue weighted by molar-refractivity contribution is 0.461. The minimum atomic E-state index is -0.212. The zero-order chi connectivity index (χ0) is 26.2. The lowest BCUT2D eigenvalue weighted by atomic mass is 9.67. The van der Waals surface area contributed by atoms with Crippen molar-refractivity contribution in [1.29, 1.82) is 0 Å². The number of benzene rings is 2. The van der Waals surface area contributed by atoms with Crippen molar-refractivity contribution < 1.29 is 10.2 Å². The van der Waals surface area contributed by atoms with Crippen LogP contribution in [0.15, 0.2) is 12.1 Å². The van der Waals surface area contributed by atoms with Gasteiger partial charge in [0.05, 0.1) is 0 Å². The van der Waals surface area contributed by atoms with Crippen LogP contribution >= 0.6 is 0 Å². The van der Waals surface area contributed by atoms with E-state index in [1.165, 1.54) is 33.4 Å². The largest absolute Gasteiger partial charge is 0.508 e. The van der Waals surface area contributed by atoms with Gasteiger partial charge in [-0.3, -0.25) is 0 Å². The number of aryl methyl sites for hydroxylation is 2. The monoisotopic (exact) mass is 480 g/mol. The molecule has 0 aromatic heterocycles. The quantitative estimate of drug-likeness (QED) is 0.283. The Kier molecular flexibility index (Phi) is 11.2. The van der Waals surface area contributed by atoms with Gasteiger partial charge in [0.2, 0.25) is 0 Å². The fourth-order valence-corrected chi connectivity index (χ4v) is 6.37. The Morgan fingerprint density at radius 1 is 0.486 bits per heavy atom. The first-order valence-electron chi connectivity index (χ1n) is 14.5. The molecule has 0 aliphatic carbocycles. The average molecular weight is 481 g/mol. The molecule has 0 radical (unpaired) electrons. The van der Waals surface area contributed by atoms with E-state index in [-0.39, 0.29) is 5.41 Å². The van der Waals surface area contributed by atoms with Crippen LogP contribution in [0.1, 0.15) is 138 Å². The SMILES string of the molecule is CCCc1cc(O)c(CCC)c(CCC)c1C(C)(C)c1c(CCC)cc(O)c(CCC)c1CCC. The Morgan fingerprint density at radius 2 is 0.771 bits per heavy atom. The van der Waals surface area contributed by atoms with Gasteiger partial charge in [0.1, 0.15) is 11.5 Å². The summed E-state index contributed by atoms with van der Waals surface area (Å²) in [5.41, 5.74) is 10.3. The van der Waals surface area contributed by atoms with E-state index in [4.69, 9.17) is 0 Å². The predicted molar refractivity (Wildman–Crippen MR) is 152 cm³/mol. The highest BCUT2D eigenvalue weighted by Gasteiger charge is 2.35. The number of rotatable bonds is 14. The summed E-state index contributed by atoms with van der Waals surface area (Å²) in [6.07, 6.45) is 12.1. The maximum Gasteiger partial charge on any atom is 0.119 e. The Hall–Kier alpha value is -1.96. The molecule has 0 bridgehead atoms. The lowest BCUT2D eigenvalue weighted by Gasteiger charge is -2.37. The van der Waals surface area contributed by atoms with E-state index in [2.05, 4.69) is 67.5 Å². The third-order valence-corrected chi connectivity index (χ3v) is 7.50. The molecule has 0 aliphatic rings. The molecular weight excluding hydrogens is 428 g/mol. The molecule has 2 heteroatoms. The molecule has 0 heterocycles. The van der Waals surface area contributed by atoms with Crippen molar-refractivity contribution in [2.24, 2.45) is 0 Å². The first kappa shape index (κ1) is 29.3. The van der Waals surface area contributed by atoms with Crippen LogP contribution in [0.25, 0.3) is 0 Å². The van der Waals surface area contributed by atoms with Crippen LogP contribution in [0.2, 0.25) is 0 Å². The second-order valence-corrected chi connectivity index (χ2v) is 10.9. The van der Waals surface area contributed by atoms with E-state index in [0.29, 0.717) is 11.5 Å². The van der Waals surface area contributed by atoms with Crippen molar-refractivity contribution in [3.63, 3.8) is 0 Å². The summed E-state index contributed by atoms with van der Waals surface area (Å²) in [6.45, 7) is 18.2. The van der Waals surface area contributed by atoms with Crippen molar-refractivity contribution in [2.45, 2.75) is 138 Å². The number of hydrogen-bond donors (Lipinski definition) is 2. The normalized spacial score (nSPS) is 11.9. The van der Waals surface area contributed by atoms with E-state index in [1.54, 1.807) is 0 Å². The van der Waals surface area contributed by atoms with Gasteiger partial charge in [-0.15, -0.1) is 0 Å². The first-order chi connectivity index (χ1) is 16.7. The Labute approximate surface area is 216 Å². The van der Waals surface area contributed by atoms with Gasteiger partial charge in [0, 0.05) is 5.41 Å². The zero-order valence-electron chi connectivity index (χ0n) is 24.0. The number of phenols is 2. The summed E-state index contributed by atoms with van der Waals surface area (Å²) in [5.74, 6) is 0.969. The molecular formula is C33H52O2. The van der Waals surface area contributed by atoms with Crippen molar-refractivity contribution in [3.8, 4) is 11.5 Å². The van der Waals surface area contributed by atoms with E-state index < -0.39 is 0 Å². The highest BCUT2D eigenvalue weighted by Crippen LogP contribution is 2.46. The minimum absolute atomic E-state index is 0.212. The minimum Gasteiger partial charge on any atom is -0.508 e. The van der Waals surface area contributed by atoms with Gasteiger partial charge >= 0.3 is 0 Å². The molecule has 2 aromatic rings. The molecule has 0 fully saturated rings. The van der Waals surface area contributed by atoms with Crippen LogP contribution < -0.4 is 0 Å². The van der Waals surface area contributed by atoms with E-state index in [1.807, 2.05) is 0 Å². The van der Waals surface area contributed by atoms with Crippen LogP contribution in [0.5, 0.6) is 11.5 Å². The molecule has 35 heavy (non-hydrogen) atoms. The van der Waals surface area contributed by atoms with Gasteiger partial charge < -0.3 is 10.2 Å². The van der Waals surface area contributed by atoms with Crippen LogP contribution in [0, 0.1) is 0 Å². The fraction of sp³-hybridized carbons (Fsp3) is 0.636. The lowest BCUT2D eigenvalue weighted by Crippen LogP contribution is -2.28. The average Bonchev–Trinajstić information content (AvgIpc) is 2.79. The Balaban J connectivity index is 3.05. The van der Waals surface area contributed by atoms with Crippen LogP contribution in [0.3, 0.4) is 0 Å². The molecule has 0 atom stereocenters. The molecule has 2 rings (SSSR count). The molecule has 2 nitrogen and oxygen atoms in total. The summed E-state index contributed by atoms with van der Waals surface area (Å²) < 4.78 is 0. The first-order valence-corrected chi connectivity index (χ1v) is 14.5. The third-order valence-electron chi connectivity index (χ3n) is 7.50. The molecule has 0 unspecified atom stereocenters. The molecule has 0 saturated heterocycles. The summed E-state index contributed by atoms with van der Waals surface area (Å²) in [5, 5.41) is 22.2. The van der Waals surface area contributed by atoms with Crippen LogP contribution in [0.4, 0.5) is 0 Å². The highest BCUT2D eigenvalue weighted by molar-refractivity contribution is 5.60. The van der Waals surface area contributed by atoms with Crippen molar-refractivity contribution in [3.05, 3.63) is 56.6 Å². The summed E-state index contributed by atoms with van der Waals surface area (Å²) in [7, 11) is 0. The Bertz CT molecular complexity index is 891. The molecule has 0 amide bonds. The standard InChI is InChI=1S/C33H52O2/c1-9-15-23-21-29(34)25(17-11-3)27(19-13-5)31(23)33(7,8)32-24(16-10-2)22-30(35)26(18-12-4)28(32)20-14-6/h21-22,34-35H,9-20H2,1-8H3. The van der Waals surface area contributed by atoms with Gasteiger partial charge in [0.15, 0.2) is 0 Å². The molecule has 0 aliphatic heterocycles. The summed E-state index contributed by atoms with van der Waals surface area (Å²) >= 11 is 0. The number of hydrogen-bond acceptors (Lipinski definition) is 2. The fourth-order valence-electron chi connectivity index (χ4n) is 6.37. The van der Waals surface area contributed by atoms with Crippen LogP contribution in [-0.4, -0.2) is 10.2 Å². The van der Waals surface area contributed by atoms with Crippen molar-refractivity contribution in [1.82, 2.24) is 0 Å². The van der Waals surface area contributed by atoms with Gasteiger partial charge in [0.25, 0.3) is 0 Å². The predicted octanol–water partition coefficient (Wildman–Crippen LogP) is 9.14. The summed E-state index contributed by atoms with van der Waals surface area (Å²) in [6, 6.07) is 4.16. The van der Waals surface area contributed by atoms with Crippen LogP contribution in [-0.2, 0) is 43.9 Å². The third kappa shape index (κ3) is 6.25. The summed E-state index contributed by atoms with van der Waals surface area (Å²) in [4.78, 5) is 0. The highest BCUT2D eigenvalue weighted by atomic mass is 16.3. The van der Waals surface area contributed by atoms with Gasteiger partial charge in [-0.25, -0.2) is 0 Å².